The average Bonchev–Trinajstić information content (AvgIpc) is 3.63. The Balaban J connectivity index is 0.000000215. The van der Waals surface area contributed by atoms with Crippen LogP contribution in [0.2, 0.25) is 0 Å². The Labute approximate surface area is 336 Å². The van der Waals surface area contributed by atoms with Crippen LogP contribution in [-0.4, -0.2) is 70.4 Å². The molecule has 6 rings (SSSR count). The van der Waals surface area contributed by atoms with E-state index in [2.05, 4.69) is 160 Å². The van der Waals surface area contributed by atoms with Gasteiger partial charge in [0.15, 0.2) is 23.5 Å². The van der Waals surface area contributed by atoms with Gasteiger partial charge in [-0.15, -0.1) is 0 Å². The molecule has 2 aliphatic heterocycles. The third-order valence-electron chi connectivity index (χ3n) is 12.5. The molecule has 6 heteroatoms. The molecule has 2 aliphatic rings. The van der Waals surface area contributed by atoms with Crippen molar-refractivity contribution in [2.24, 2.45) is 0 Å². The molecule has 2 heterocycles. The zero-order valence-electron chi connectivity index (χ0n) is 34.9. The van der Waals surface area contributed by atoms with E-state index in [-0.39, 0.29) is 23.2 Å². The maximum absolute atomic E-state index is 11.6. The van der Waals surface area contributed by atoms with E-state index in [1.54, 1.807) is 0 Å². The van der Waals surface area contributed by atoms with Gasteiger partial charge < -0.3 is 9.84 Å². The highest BCUT2D eigenvalue weighted by molar-refractivity contribution is 5.96. The first kappa shape index (κ1) is 42.3. The minimum absolute atomic E-state index is 0.0619. The minimum Gasteiger partial charge on any atom is -0.481 e. The van der Waals surface area contributed by atoms with Crippen molar-refractivity contribution in [3.63, 3.8) is 0 Å². The number of rotatable bonds is 15. The zero-order chi connectivity index (χ0) is 40.3. The Hall–Kier alpha value is -4.84. The molecule has 6 nitrogen and oxygen atoms in total. The summed E-state index contributed by atoms with van der Waals surface area (Å²) in [4.78, 5) is 22.3. The van der Waals surface area contributed by atoms with Crippen LogP contribution in [0.5, 0.6) is 0 Å². The van der Waals surface area contributed by atoms with Crippen molar-refractivity contribution in [3.05, 3.63) is 143 Å². The first-order chi connectivity index (χ1) is 27.0. The number of carbonyl (C=O) groups is 2. The summed E-state index contributed by atoms with van der Waals surface area (Å²) in [5.74, 6) is -0.822. The van der Waals surface area contributed by atoms with Crippen LogP contribution in [0.15, 0.2) is 109 Å². The number of benzene rings is 4. The van der Waals surface area contributed by atoms with Gasteiger partial charge in [-0.25, -0.2) is 9.15 Å². The summed E-state index contributed by atoms with van der Waals surface area (Å²) < 4.78 is 9.95. The SMILES string of the molecule is CCC1=[N+](C)C(C)CC1(c1ccccc1)c1ccc(CCCC(=O)O)cc1.CCOC(=O)CCCc1ccc(C2(c3ccccc3)CC(C)[N+](C)=C2CC)cc1. The monoisotopic (exact) mass is 756 g/mol. The molecule has 0 amide bonds. The van der Waals surface area contributed by atoms with E-state index in [9.17, 15) is 9.59 Å². The quantitative estimate of drug-likeness (QED) is 0.0969. The van der Waals surface area contributed by atoms with E-state index in [0.717, 1.165) is 44.9 Å². The van der Waals surface area contributed by atoms with Gasteiger partial charge in [-0.05, 0) is 79.8 Å². The molecule has 0 bridgehead atoms. The summed E-state index contributed by atoms with van der Waals surface area (Å²) in [6.45, 7) is 11.5. The first-order valence-corrected chi connectivity index (χ1v) is 20.9. The highest BCUT2D eigenvalue weighted by Gasteiger charge is 2.52. The predicted molar refractivity (Wildman–Crippen MR) is 229 cm³/mol. The zero-order valence-corrected chi connectivity index (χ0v) is 34.9. The Bertz CT molecular complexity index is 1970. The fourth-order valence-electron chi connectivity index (χ4n) is 9.57. The van der Waals surface area contributed by atoms with Crippen molar-refractivity contribution >= 4 is 23.4 Å². The Morgan fingerprint density at radius 2 is 0.982 bits per heavy atom. The van der Waals surface area contributed by atoms with Gasteiger partial charge >= 0.3 is 11.9 Å². The average molecular weight is 757 g/mol. The third-order valence-corrected chi connectivity index (χ3v) is 12.5. The molecule has 0 radical (unpaired) electrons. The van der Waals surface area contributed by atoms with Crippen LogP contribution in [0, 0.1) is 0 Å². The summed E-state index contributed by atoms with van der Waals surface area (Å²) in [6.07, 6.45) is 8.18. The molecule has 0 aliphatic carbocycles. The fraction of sp³-hybridized carbons (Fsp3) is 0.440. The van der Waals surface area contributed by atoms with Crippen LogP contribution in [0.4, 0.5) is 0 Å². The molecule has 4 atom stereocenters. The van der Waals surface area contributed by atoms with Crippen molar-refractivity contribution in [1.29, 1.82) is 0 Å². The number of ether oxygens (including phenoxy) is 1. The number of hydrogen-bond donors (Lipinski definition) is 1. The van der Waals surface area contributed by atoms with Gasteiger partial charge in [-0.1, -0.05) is 123 Å². The molecule has 56 heavy (non-hydrogen) atoms. The number of carboxylic acid groups (broad SMARTS) is 1. The summed E-state index contributed by atoms with van der Waals surface area (Å²) in [6, 6.07) is 40.7. The van der Waals surface area contributed by atoms with Crippen LogP contribution in [0.3, 0.4) is 0 Å². The van der Waals surface area contributed by atoms with E-state index in [4.69, 9.17) is 9.84 Å². The normalized spacial score (nSPS) is 21.8. The Kier molecular flexibility index (Phi) is 14.6. The predicted octanol–water partition coefficient (Wildman–Crippen LogP) is 9.81. The van der Waals surface area contributed by atoms with E-state index in [0.29, 0.717) is 31.5 Å². The van der Waals surface area contributed by atoms with Gasteiger partial charge in [0.05, 0.1) is 6.61 Å². The largest absolute Gasteiger partial charge is 0.481 e. The van der Waals surface area contributed by atoms with Gasteiger partial charge in [-0.3, -0.25) is 9.59 Å². The molecule has 0 spiro atoms. The van der Waals surface area contributed by atoms with Crippen molar-refractivity contribution in [2.75, 3.05) is 20.7 Å². The number of hydrogen-bond acceptors (Lipinski definition) is 3. The van der Waals surface area contributed by atoms with Crippen molar-refractivity contribution in [2.45, 2.75) is 122 Å². The molecule has 4 unspecified atom stereocenters. The number of nitrogens with zero attached hydrogens (tertiary/aromatic N) is 2. The van der Waals surface area contributed by atoms with E-state index < -0.39 is 5.97 Å². The number of aliphatic carboxylic acids is 1. The summed E-state index contributed by atoms with van der Waals surface area (Å²) in [5.41, 5.74) is 10.7. The lowest BCUT2D eigenvalue weighted by Gasteiger charge is -2.29. The maximum Gasteiger partial charge on any atom is 0.305 e. The van der Waals surface area contributed by atoms with Crippen LogP contribution in [0.25, 0.3) is 0 Å². The van der Waals surface area contributed by atoms with Gasteiger partial charge in [-0.2, -0.15) is 0 Å². The van der Waals surface area contributed by atoms with Crippen molar-refractivity contribution in [3.8, 4) is 0 Å². The molecule has 4 aromatic rings. The molecular formula is C50H64N2O4+2. The smallest absolute Gasteiger partial charge is 0.305 e. The Morgan fingerprint density at radius 1 is 0.607 bits per heavy atom. The van der Waals surface area contributed by atoms with Gasteiger partial charge in [0.2, 0.25) is 0 Å². The molecule has 0 saturated heterocycles. The first-order valence-electron chi connectivity index (χ1n) is 20.9. The van der Waals surface area contributed by atoms with Crippen molar-refractivity contribution in [1.82, 2.24) is 0 Å². The molecule has 0 saturated carbocycles. The number of carboxylic acids is 1. The standard InChI is InChI=1S/C26H34NO2.C24H29NO2/c1-5-24-26(19-20(3)27(24)4,22-12-8-7-9-13-22)23-17-15-21(16-18-23)11-10-14-25(28)29-6-2;1-4-22-24(17-18(2)25(22)3,20-10-6-5-7-11-20)21-15-13-19(14-16-21)9-8-12-23(26)27/h7-9,12-13,15-18,20H,5-6,10-11,14,19H2,1-4H3;5-7,10-11,13-16,18H,4,8-9,12,17H2,1-3H3/q+1;/p+1. The minimum atomic E-state index is -0.722. The number of carbonyl (C=O) groups excluding carboxylic acids is 1. The van der Waals surface area contributed by atoms with Gasteiger partial charge in [0.25, 0.3) is 0 Å². The van der Waals surface area contributed by atoms with Gasteiger partial charge in [0, 0.05) is 38.5 Å². The molecule has 0 fully saturated rings. The number of aryl methyl sites for hydroxylation is 2. The van der Waals surface area contributed by atoms with Gasteiger partial charge in [0.1, 0.15) is 24.9 Å². The molecule has 4 aromatic carbocycles. The highest BCUT2D eigenvalue weighted by atomic mass is 16.5. The molecule has 0 aromatic heterocycles. The topological polar surface area (TPSA) is 69.6 Å². The summed E-state index contributed by atoms with van der Waals surface area (Å²) in [7, 11) is 4.45. The second kappa shape index (κ2) is 19.3. The van der Waals surface area contributed by atoms with Crippen molar-refractivity contribution < 1.29 is 28.6 Å². The van der Waals surface area contributed by atoms with E-state index in [1.165, 1.54) is 44.8 Å². The van der Waals surface area contributed by atoms with Crippen LogP contribution < -0.4 is 0 Å². The summed E-state index contributed by atoms with van der Waals surface area (Å²) >= 11 is 0. The second-order valence-electron chi connectivity index (χ2n) is 15.8. The third kappa shape index (κ3) is 9.06. The van der Waals surface area contributed by atoms with E-state index in [1.807, 2.05) is 6.92 Å². The lowest BCUT2D eigenvalue weighted by Crippen LogP contribution is -2.35. The number of esters is 1. The van der Waals surface area contributed by atoms with Crippen LogP contribution in [0.1, 0.15) is 119 Å². The Morgan fingerprint density at radius 3 is 1.34 bits per heavy atom. The van der Waals surface area contributed by atoms with Crippen LogP contribution in [-0.2, 0) is 38.0 Å². The second-order valence-corrected chi connectivity index (χ2v) is 15.8. The van der Waals surface area contributed by atoms with E-state index >= 15 is 0 Å². The van der Waals surface area contributed by atoms with Crippen LogP contribution >= 0.6 is 0 Å². The molecule has 296 valence electrons. The fourth-order valence-corrected chi connectivity index (χ4v) is 9.57. The molecule has 1 N–H and O–H groups in total. The summed E-state index contributed by atoms with van der Waals surface area (Å²) in [5, 5.41) is 8.84. The molecular weight excluding hydrogens is 693 g/mol. The highest BCUT2D eigenvalue weighted by Crippen LogP contribution is 2.45. The lowest BCUT2D eigenvalue weighted by atomic mass is 9.68. The lowest BCUT2D eigenvalue weighted by molar-refractivity contribution is -0.526. The maximum atomic E-state index is 11.6.